The van der Waals surface area contributed by atoms with Crippen molar-refractivity contribution in [2.75, 3.05) is 5.33 Å². The fraction of sp³-hybridized carbons (Fsp3) is 0.222. The second kappa shape index (κ2) is 4.95. The summed E-state index contributed by atoms with van der Waals surface area (Å²) in [7, 11) is 0. The largest absolute Gasteiger partial charge is 0.508 e. The zero-order valence-corrected chi connectivity index (χ0v) is 10.5. The van der Waals surface area contributed by atoms with Gasteiger partial charge >= 0.3 is 0 Å². The van der Waals surface area contributed by atoms with Gasteiger partial charge in [-0.1, -0.05) is 15.9 Å². The van der Waals surface area contributed by atoms with Crippen LogP contribution in [0.1, 0.15) is 16.8 Å². The van der Waals surface area contributed by atoms with Crippen LogP contribution in [-0.4, -0.2) is 16.2 Å². The smallest absolute Gasteiger partial charge is 0.163 e. The van der Waals surface area contributed by atoms with E-state index in [2.05, 4.69) is 38.5 Å². The zero-order valence-electron chi connectivity index (χ0n) is 6.76. The van der Waals surface area contributed by atoms with Crippen molar-refractivity contribution in [1.82, 2.24) is 0 Å². The molecule has 2 nitrogen and oxygen atoms in total. The molecule has 0 radical (unpaired) electrons. The molecule has 1 rings (SSSR count). The van der Waals surface area contributed by atoms with Crippen molar-refractivity contribution in [2.24, 2.45) is 0 Å². The van der Waals surface area contributed by atoms with E-state index >= 15 is 0 Å². The van der Waals surface area contributed by atoms with Crippen molar-refractivity contribution in [1.29, 1.82) is 0 Å². The molecule has 0 aromatic heterocycles. The van der Waals surface area contributed by atoms with E-state index < -0.39 is 0 Å². The zero-order chi connectivity index (χ0) is 9.84. The van der Waals surface area contributed by atoms with Crippen LogP contribution in [0.25, 0.3) is 0 Å². The highest BCUT2D eigenvalue weighted by molar-refractivity contribution is 14.1. The first-order valence-corrected chi connectivity index (χ1v) is 5.92. The van der Waals surface area contributed by atoms with Gasteiger partial charge in [-0.3, -0.25) is 4.79 Å². The Morgan fingerprint density at radius 1 is 1.46 bits per heavy atom. The molecule has 1 aromatic rings. The molecule has 0 bridgehead atoms. The summed E-state index contributed by atoms with van der Waals surface area (Å²) in [4.78, 5) is 11.4. The Kier molecular flexibility index (Phi) is 4.18. The Bertz CT molecular complexity index is 305. The predicted molar refractivity (Wildman–Crippen MR) is 63.6 cm³/mol. The molecule has 13 heavy (non-hydrogen) atoms. The molecule has 0 heterocycles. The summed E-state index contributed by atoms with van der Waals surface area (Å²) in [6, 6.07) is 4.88. The SMILES string of the molecule is O=C(CCBr)c1cc(O)cc(I)c1. The highest BCUT2D eigenvalue weighted by Crippen LogP contribution is 2.18. The van der Waals surface area contributed by atoms with Gasteiger partial charge in [0.1, 0.15) is 5.75 Å². The quantitative estimate of drug-likeness (QED) is 0.514. The van der Waals surface area contributed by atoms with E-state index in [1.807, 2.05) is 0 Å². The molecule has 0 unspecified atom stereocenters. The van der Waals surface area contributed by atoms with E-state index in [4.69, 9.17) is 0 Å². The second-order valence-corrected chi connectivity index (χ2v) is 4.60. The van der Waals surface area contributed by atoms with Crippen LogP contribution >= 0.6 is 38.5 Å². The van der Waals surface area contributed by atoms with E-state index in [1.54, 1.807) is 12.1 Å². The minimum absolute atomic E-state index is 0.0469. The summed E-state index contributed by atoms with van der Waals surface area (Å²) < 4.78 is 0.871. The van der Waals surface area contributed by atoms with Crippen LogP contribution in [-0.2, 0) is 0 Å². The van der Waals surface area contributed by atoms with Gasteiger partial charge in [-0.15, -0.1) is 0 Å². The summed E-state index contributed by atoms with van der Waals surface area (Å²) >= 11 is 5.27. The molecule has 0 fully saturated rings. The number of alkyl halides is 1. The number of Topliss-reactive ketones (excluding diaryl/α,β-unsaturated/α-hetero) is 1. The predicted octanol–water partition coefficient (Wildman–Crippen LogP) is 2.96. The van der Waals surface area contributed by atoms with Crippen molar-refractivity contribution < 1.29 is 9.90 Å². The molecule has 0 saturated heterocycles. The van der Waals surface area contributed by atoms with Gasteiger partial charge in [0, 0.05) is 20.9 Å². The fourth-order valence-corrected chi connectivity index (χ4v) is 1.98. The van der Waals surface area contributed by atoms with Crippen LogP contribution in [0.2, 0.25) is 0 Å². The second-order valence-electron chi connectivity index (χ2n) is 2.56. The highest BCUT2D eigenvalue weighted by atomic mass is 127. The average Bonchev–Trinajstić information content (AvgIpc) is 2.03. The van der Waals surface area contributed by atoms with Crippen molar-refractivity contribution in [3.63, 3.8) is 0 Å². The molecule has 0 spiro atoms. The lowest BCUT2D eigenvalue weighted by atomic mass is 10.1. The van der Waals surface area contributed by atoms with Gasteiger partial charge in [-0.2, -0.15) is 0 Å². The van der Waals surface area contributed by atoms with Gasteiger partial charge in [0.25, 0.3) is 0 Å². The molecule has 1 N–H and O–H groups in total. The van der Waals surface area contributed by atoms with E-state index in [1.165, 1.54) is 6.07 Å². The third-order valence-corrected chi connectivity index (χ3v) is 2.55. The Labute approximate surface area is 98.6 Å². The molecule has 0 aliphatic rings. The number of carbonyl (C=O) groups is 1. The van der Waals surface area contributed by atoms with E-state index in [0.717, 1.165) is 3.57 Å². The number of aromatic hydroxyl groups is 1. The van der Waals surface area contributed by atoms with Crippen molar-refractivity contribution in [3.05, 3.63) is 27.3 Å². The maximum atomic E-state index is 11.4. The lowest BCUT2D eigenvalue weighted by Gasteiger charge is -2.00. The molecular weight excluding hydrogens is 347 g/mol. The summed E-state index contributed by atoms with van der Waals surface area (Å²) in [5.74, 6) is 0.190. The molecule has 0 aliphatic carbocycles. The number of benzene rings is 1. The lowest BCUT2D eigenvalue weighted by Crippen LogP contribution is -1.99. The van der Waals surface area contributed by atoms with Gasteiger partial charge in [-0.25, -0.2) is 0 Å². The first-order chi connectivity index (χ1) is 6.13. The summed E-state index contributed by atoms with van der Waals surface area (Å²) in [6.45, 7) is 0. The van der Waals surface area contributed by atoms with Gasteiger partial charge in [0.05, 0.1) is 0 Å². The number of hydrogen-bond donors (Lipinski definition) is 1. The molecule has 70 valence electrons. The van der Waals surface area contributed by atoms with E-state index in [9.17, 15) is 9.90 Å². The van der Waals surface area contributed by atoms with E-state index in [-0.39, 0.29) is 11.5 Å². The normalized spacial score (nSPS) is 10.0. The number of rotatable bonds is 3. The van der Waals surface area contributed by atoms with E-state index in [0.29, 0.717) is 17.3 Å². The maximum absolute atomic E-state index is 11.4. The molecule has 0 aliphatic heterocycles. The topological polar surface area (TPSA) is 37.3 Å². The van der Waals surface area contributed by atoms with Crippen LogP contribution in [0.4, 0.5) is 0 Å². The third-order valence-electron chi connectivity index (χ3n) is 1.53. The molecule has 0 amide bonds. The van der Waals surface area contributed by atoms with Gasteiger partial charge in [-0.05, 0) is 40.8 Å². The van der Waals surface area contributed by atoms with Crippen molar-refractivity contribution in [3.8, 4) is 5.75 Å². The van der Waals surface area contributed by atoms with Crippen LogP contribution in [0.3, 0.4) is 0 Å². The Morgan fingerprint density at radius 2 is 2.15 bits per heavy atom. The highest BCUT2D eigenvalue weighted by Gasteiger charge is 2.06. The fourth-order valence-electron chi connectivity index (χ4n) is 0.965. The van der Waals surface area contributed by atoms with Gasteiger partial charge in [0.15, 0.2) is 5.78 Å². The third kappa shape index (κ3) is 3.27. The summed E-state index contributed by atoms with van der Waals surface area (Å²) in [5, 5.41) is 9.89. The molecule has 0 atom stereocenters. The van der Waals surface area contributed by atoms with Crippen LogP contribution < -0.4 is 0 Å². The van der Waals surface area contributed by atoms with Crippen molar-refractivity contribution >= 4 is 44.3 Å². The monoisotopic (exact) mass is 354 g/mol. The Hall–Kier alpha value is -0.100. The summed E-state index contributed by atoms with van der Waals surface area (Å²) in [5.41, 5.74) is 0.573. The minimum Gasteiger partial charge on any atom is -0.508 e. The van der Waals surface area contributed by atoms with Gasteiger partial charge < -0.3 is 5.11 Å². The number of hydrogen-bond acceptors (Lipinski definition) is 2. The summed E-state index contributed by atoms with van der Waals surface area (Å²) in [6.07, 6.45) is 0.458. The Balaban J connectivity index is 2.94. The number of phenolic OH excluding ortho intramolecular Hbond substituents is 1. The Morgan fingerprint density at radius 3 is 2.69 bits per heavy atom. The molecule has 4 heteroatoms. The first kappa shape index (κ1) is 11.0. The molecule has 0 saturated carbocycles. The van der Waals surface area contributed by atoms with Crippen molar-refractivity contribution in [2.45, 2.75) is 6.42 Å². The first-order valence-electron chi connectivity index (χ1n) is 3.72. The number of halogens is 2. The maximum Gasteiger partial charge on any atom is 0.163 e. The standard InChI is InChI=1S/C9H8BrIO2/c10-2-1-9(13)6-3-7(11)5-8(12)4-6/h3-5,12H,1-2H2. The average molecular weight is 355 g/mol. The van der Waals surface area contributed by atoms with Crippen LogP contribution in [0.5, 0.6) is 5.75 Å². The van der Waals surface area contributed by atoms with Crippen LogP contribution in [0, 0.1) is 3.57 Å². The lowest BCUT2D eigenvalue weighted by molar-refractivity contribution is 0.0989. The molecule has 1 aromatic carbocycles. The number of phenols is 1. The van der Waals surface area contributed by atoms with Crippen LogP contribution in [0.15, 0.2) is 18.2 Å². The number of ketones is 1. The number of carbonyl (C=O) groups excluding carboxylic acids is 1. The minimum atomic E-state index is 0.0469. The van der Waals surface area contributed by atoms with Gasteiger partial charge in [0.2, 0.25) is 0 Å². The molecular formula is C9H8BrIO2.